The highest BCUT2D eigenvalue weighted by atomic mass is 16.4. The molecule has 1 aromatic rings. The molecule has 0 radical (unpaired) electrons. The van der Waals surface area contributed by atoms with Gasteiger partial charge < -0.3 is 10.0 Å². The van der Waals surface area contributed by atoms with Gasteiger partial charge in [0.25, 0.3) is 0 Å². The Bertz CT molecular complexity index is 480. The summed E-state index contributed by atoms with van der Waals surface area (Å²) in [7, 11) is 1.80. The Morgan fingerprint density at radius 1 is 1.39 bits per heavy atom. The zero-order valence-corrected chi connectivity index (χ0v) is 10.6. The molecule has 0 spiro atoms. The fourth-order valence-corrected chi connectivity index (χ4v) is 1.52. The largest absolute Gasteiger partial charge is 0.481 e. The highest BCUT2D eigenvalue weighted by Crippen LogP contribution is 2.17. The minimum atomic E-state index is -0.837. The van der Waals surface area contributed by atoms with Crippen molar-refractivity contribution in [2.24, 2.45) is 0 Å². The number of carbonyl (C=O) groups is 2. The van der Waals surface area contributed by atoms with Gasteiger partial charge in [-0.05, 0) is 24.6 Å². The quantitative estimate of drug-likeness (QED) is 0.619. The van der Waals surface area contributed by atoms with Crippen LogP contribution in [0.5, 0.6) is 0 Å². The monoisotopic (exact) mass is 247 g/mol. The lowest BCUT2D eigenvalue weighted by Gasteiger charge is -2.18. The van der Waals surface area contributed by atoms with Gasteiger partial charge in [-0.1, -0.05) is 18.7 Å². The maximum atomic E-state index is 11.8. The molecule has 1 rings (SSSR count). The van der Waals surface area contributed by atoms with Crippen molar-refractivity contribution in [1.29, 1.82) is 0 Å². The molecule has 1 aromatic carbocycles. The SMILES string of the molecule is C=C(C)C(=O)c1cccc(N(C)CCC(=O)O)c1. The van der Waals surface area contributed by atoms with E-state index in [0.717, 1.165) is 5.69 Å². The zero-order chi connectivity index (χ0) is 13.7. The fraction of sp³-hybridized carbons (Fsp3) is 0.286. The van der Waals surface area contributed by atoms with Crippen LogP contribution in [0.15, 0.2) is 36.4 Å². The van der Waals surface area contributed by atoms with Crippen molar-refractivity contribution < 1.29 is 14.7 Å². The number of rotatable bonds is 6. The Hall–Kier alpha value is -2.10. The molecule has 96 valence electrons. The predicted molar refractivity (Wildman–Crippen MR) is 71.1 cm³/mol. The van der Waals surface area contributed by atoms with E-state index in [-0.39, 0.29) is 12.2 Å². The van der Waals surface area contributed by atoms with Gasteiger partial charge in [0.15, 0.2) is 5.78 Å². The number of carboxylic acids is 1. The Kier molecular flexibility index (Phi) is 4.66. The van der Waals surface area contributed by atoms with Gasteiger partial charge in [0.2, 0.25) is 0 Å². The molecule has 0 amide bonds. The molecule has 0 bridgehead atoms. The summed E-state index contributed by atoms with van der Waals surface area (Å²) in [5, 5.41) is 8.63. The van der Waals surface area contributed by atoms with Crippen LogP contribution in [0.1, 0.15) is 23.7 Å². The molecule has 18 heavy (non-hydrogen) atoms. The number of allylic oxidation sites excluding steroid dienone is 1. The van der Waals surface area contributed by atoms with Crippen LogP contribution in [0.4, 0.5) is 5.69 Å². The van der Waals surface area contributed by atoms with Gasteiger partial charge in [-0.3, -0.25) is 9.59 Å². The normalized spacial score (nSPS) is 9.89. The minimum Gasteiger partial charge on any atom is -0.481 e. The van der Waals surface area contributed by atoms with E-state index >= 15 is 0 Å². The molecule has 0 aromatic heterocycles. The van der Waals surface area contributed by atoms with Gasteiger partial charge >= 0.3 is 5.97 Å². The molecule has 0 heterocycles. The van der Waals surface area contributed by atoms with Crippen LogP contribution in [0.3, 0.4) is 0 Å². The molecule has 0 aliphatic rings. The maximum absolute atomic E-state index is 11.8. The van der Waals surface area contributed by atoms with Crippen LogP contribution in [0.2, 0.25) is 0 Å². The van der Waals surface area contributed by atoms with Crippen molar-refractivity contribution in [3.63, 3.8) is 0 Å². The second kappa shape index (κ2) is 6.00. The van der Waals surface area contributed by atoms with E-state index in [9.17, 15) is 9.59 Å². The molecule has 4 heteroatoms. The number of Topliss-reactive ketones (excluding diaryl/α,β-unsaturated/α-hetero) is 1. The van der Waals surface area contributed by atoms with Crippen molar-refractivity contribution in [3.8, 4) is 0 Å². The topological polar surface area (TPSA) is 57.6 Å². The van der Waals surface area contributed by atoms with Crippen molar-refractivity contribution in [2.45, 2.75) is 13.3 Å². The third-order valence-corrected chi connectivity index (χ3v) is 2.60. The molecule has 4 nitrogen and oxygen atoms in total. The summed E-state index contributed by atoms with van der Waals surface area (Å²) in [5.41, 5.74) is 1.88. The van der Waals surface area contributed by atoms with Crippen molar-refractivity contribution in [1.82, 2.24) is 0 Å². The van der Waals surface area contributed by atoms with E-state index in [4.69, 9.17) is 5.11 Å². The van der Waals surface area contributed by atoms with Gasteiger partial charge in [0.05, 0.1) is 6.42 Å². The number of benzene rings is 1. The summed E-state index contributed by atoms with van der Waals surface area (Å²) < 4.78 is 0. The van der Waals surface area contributed by atoms with E-state index in [1.54, 1.807) is 32.2 Å². The highest BCUT2D eigenvalue weighted by molar-refractivity contribution is 6.08. The van der Waals surface area contributed by atoms with Crippen LogP contribution in [0.25, 0.3) is 0 Å². The van der Waals surface area contributed by atoms with E-state index in [1.807, 2.05) is 11.0 Å². The Morgan fingerprint density at radius 3 is 2.61 bits per heavy atom. The first-order valence-corrected chi connectivity index (χ1v) is 5.65. The first-order valence-electron chi connectivity index (χ1n) is 5.65. The fourth-order valence-electron chi connectivity index (χ4n) is 1.52. The molecule has 0 atom stereocenters. The lowest BCUT2D eigenvalue weighted by molar-refractivity contribution is -0.136. The third kappa shape index (κ3) is 3.73. The molecule has 0 saturated carbocycles. The molecular formula is C14H17NO3. The Balaban J connectivity index is 2.84. The van der Waals surface area contributed by atoms with Crippen LogP contribution < -0.4 is 4.90 Å². The number of hydrogen-bond donors (Lipinski definition) is 1. The summed E-state index contributed by atoms with van der Waals surface area (Å²) in [6, 6.07) is 7.10. The third-order valence-electron chi connectivity index (χ3n) is 2.60. The Labute approximate surface area is 107 Å². The number of carbonyl (C=O) groups excluding carboxylic acids is 1. The number of ketones is 1. The van der Waals surface area contributed by atoms with Gasteiger partial charge in [-0.25, -0.2) is 0 Å². The number of carboxylic acid groups (broad SMARTS) is 1. The average Bonchev–Trinajstić information content (AvgIpc) is 2.34. The zero-order valence-electron chi connectivity index (χ0n) is 10.6. The second-order valence-corrected chi connectivity index (χ2v) is 4.23. The summed E-state index contributed by atoms with van der Waals surface area (Å²) in [4.78, 5) is 24.1. The first kappa shape index (κ1) is 14.0. The maximum Gasteiger partial charge on any atom is 0.305 e. The van der Waals surface area contributed by atoms with Gasteiger partial charge in [0.1, 0.15) is 0 Å². The summed E-state index contributed by atoms with van der Waals surface area (Å²) in [5.74, 6) is -0.931. The average molecular weight is 247 g/mol. The van der Waals surface area contributed by atoms with Gasteiger partial charge in [-0.15, -0.1) is 0 Å². The standard InChI is InChI=1S/C14H17NO3/c1-10(2)14(18)11-5-4-6-12(9-11)15(3)8-7-13(16)17/h4-6,9H,1,7-8H2,2-3H3,(H,16,17). The summed E-state index contributed by atoms with van der Waals surface area (Å²) in [6.07, 6.45) is 0.0646. The van der Waals surface area contributed by atoms with Crippen molar-refractivity contribution in [3.05, 3.63) is 42.0 Å². The van der Waals surface area contributed by atoms with E-state index in [2.05, 4.69) is 6.58 Å². The van der Waals surface area contributed by atoms with Gasteiger partial charge in [0, 0.05) is 24.8 Å². The van der Waals surface area contributed by atoms with Crippen LogP contribution >= 0.6 is 0 Å². The number of nitrogens with zero attached hydrogens (tertiary/aromatic N) is 1. The van der Waals surface area contributed by atoms with Crippen molar-refractivity contribution >= 4 is 17.4 Å². The lowest BCUT2D eigenvalue weighted by atomic mass is 10.1. The molecule has 0 unspecified atom stereocenters. The minimum absolute atomic E-state index is 0.0646. The highest BCUT2D eigenvalue weighted by Gasteiger charge is 2.09. The molecule has 1 N–H and O–H groups in total. The number of hydrogen-bond acceptors (Lipinski definition) is 3. The second-order valence-electron chi connectivity index (χ2n) is 4.23. The predicted octanol–water partition coefficient (Wildman–Crippen LogP) is 2.36. The van der Waals surface area contributed by atoms with E-state index < -0.39 is 5.97 Å². The molecular weight excluding hydrogens is 230 g/mol. The van der Waals surface area contributed by atoms with Crippen LogP contribution in [-0.2, 0) is 4.79 Å². The van der Waals surface area contributed by atoms with Gasteiger partial charge in [-0.2, -0.15) is 0 Å². The van der Waals surface area contributed by atoms with Crippen LogP contribution in [0, 0.1) is 0 Å². The number of aliphatic carboxylic acids is 1. The summed E-state index contributed by atoms with van der Waals surface area (Å²) >= 11 is 0. The molecule has 0 aliphatic heterocycles. The first-order chi connectivity index (χ1) is 8.41. The van der Waals surface area contributed by atoms with E-state index in [0.29, 0.717) is 17.7 Å². The molecule has 0 aliphatic carbocycles. The summed E-state index contributed by atoms with van der Waals surface area (Å²) in [6.45, 7) is 5.70. The van der Waals surface area contributed by atoms with Crippen LogP contribution in [-0.4, -0.2) is 30.5 Å². The number of anilines is 1. The molecule has 0 saturated heterocycles. The Morgan fingerprint density at radius 2 is 2.06 bits per heavy atom. The van der Waals surface area contributed by atoms with E-state index in [1.165, 1.54) is 0 Å². The lowest BCUT2D eigenvalue weighted by Crippen LogP contribution is -2.21. The smallest absolute Gasteiger partial charge is 0.305 e. The van der Waals surface area contributed by atoms with Crippen molar-refractivity contribution in [2.75, 3.05) is 18.5 Å². The molecule has 0 fully saturated rings.